The predicted molar refractivity (Wildman–Crippen MR) is 62.4 cm³/mol. The highest BCUT2D eigenvalue weighted by molar-refractivity contribution is 5.38. The van der Waals surface area contributed by atoms with Crippen LogP contribution in [0.4, 0.5) is 0 Å². The molecule has 0 fully saturated rings. The maximum absolute atomic E-state index is 5.23. The fourth-order valence-electron chi connectivity index (χ4n) is 1.14. The molecule has 0 bridgehead atoms. The molecule has 0 saturated heterocycles. The van der Waals surface area contributed by atoms with Crippen LogP contribution in [0.3, 0.4) is 0 Å². The van der Waals surface area contributed by atoms with Crippen LogP contribution in [0.15, 0.2) is 40.2 Å². The van der Waals surface area contributed by atoms with Crippen molar-refractivity contribution in [1.82, 2.24) is 0 Å². The molecule has 0 N–H and O–H groups in total. The zero-order chi connectivity index (χ0) is 11.0. The molecule has 0 aromatic rings. The highest BCUT2D eigenvalue weighted by Crippen LogP contribution is 2.14. The van der Waals surface area contributed by atoms with Crippen molar-refractivity contribution in [3.8, 4) is 0 Å². The fraction of sp³-hybridized carbons (Fsp3) is 0.417. The first-order valence-corrected chi connectivity index (χ1v) is 4.75. The lowest BCUT2D eigenvalue weighted by Crippen LogP contribution is -1.90. The highest BCUT2D eigenvalue weighted by atomic mass is 16.5. The van der Waals surface area contributed by atoms with E-state index in [9.17, 15) is 0 Å². The third-order valence-electron chi connectivity index (χ3n) is 1.80. The van der Waals surface area contributed by atoms with Crippen LogP contribution in [0, 0.1) is 0 Å². The smallest absolute Gasteiger partial charge is 0.144 e. The van der Waals surface area contributed by atoms with Crippen molar-refractivity contribution in [2.24, 2.45) is 4.99 Å². The quantitative estimate of drug-likeness (QED) is 0.372. The van der Waals surface area contributed by atoms with E-state index in [-0.39, 0.29) is 0 Å². The standard InChI is InChI=1S/C12H19NO/c1-6-8-10(3)9-12(14-5)11(7-2)13-4/h7-9H,4,6H2,1-3,5H3/b10-8-,11-7+,12-9+. The molecule has 0 amide bonds. The third kappa shape index (κ3) is 4.08. The van der Waals surface area contributed by atoms with Crippen molar-refractivity contribution in [3.05, 3.63) is 35.3 Å². The first kappa shape index (κ1) is 12.7. The van der Waals surface area contributed by atoms with Gasteiger partial charge in [-0.3, -0.25) is 4.99 Å². The minimum Gasteiger partial charge on any atom is -0.494 e. The second kappa shape index (κ2) is 7.13. The van der Waals surface area contributed by atoms with Crippen molar-refractivity contribution in [1.29, 1.82) is 0 Å². The Bertz CT molecular complexity index is 272. The van der Waals surface area contributed by atoms with Crippen molar-refractivity contribution in [2.75, 3.05) is 7.11 Å². The van der Waals surface area contributed by atoms with Gasteiger partial charge in [0.05, 0.1) is 12.8 Å². The molecule has 0 saturated carbocycles. The summed E-state index contributed by atoms with van der Waals surface area (Å²) in [6.45, 7) is 9.55. The molecule has 0 aliphatic carbocycles. The summed E-state index contributed by atoms with van der Waals surface area (Å²) in [6, 6.07) is 0. The van der Waals surface area contributed by atoms with Gasteiger partial charge in [-0.2, -0.15) is 0 Å². The minimum absolute atomic E-state index is 0.754. The van der Waals surface area contributed by atoms with Gasteiger partial charge in [0.2, 0.25) is 0 Å². The van der Waals surface area contributed by atoms with Crippen molar-refractivity contribution < 1.29 is 4.74 Å². The Morgan fingerprint density at radius 3 is 2.50 bits per heavy atom. The molecule has 0 rings (SSSR count). The van der Waals surface area contributed by atoms with E-state index >= 15 is 0 Å². The normalized spacial score (nSPS) is 14.1. The summed E-state index contributed by atoms with van der Waals surface area (Å²) in [4.78, 5) is 3.88. The monoisotopic (exact) mass is 193 g/mol. The van der Waals surface area contributed by atoms with E-state index in [0.29, 0.717) is 0 Å². The van der Waals surface area contributed by atoms with E-state index in [1.807, 2.05) is 26.0 Å². The molecule has 0 atom stereocenters. The van der Waals surface area contributed by atoms with Gasteiger partial charge in [-0.05, 0) is 33.1 Å². The van der Waals surface area contributed by atoms with Gasteiger partial charge in [-0.1, -0.05) is 24.6 Å². The van der Waals surface area contributed by atoms with E-state index in [1.165, 1.54) is 5.57 Å². The summed E-state index contributed by atoms with van der Waals surface area (Å²) in [6.07, 6.45) is 7.00. The molecule has 0 aromatic heterocycles. The molecule has 0 unspecified atom stereocenters. The number of methoxy groups -OCH3 is 1. The fourth-order valence-corrected chi connectivity index (χ4v) is 1.14. The van der Waals surface area contributed by atoms with E-state index in [0.717, 1.165) is 17.9 Å². The Labute approximate surface area is 86.7 Å². The molecule has 0 heterocycles. The second-order valence-corrected chi connectivity index (χ2v) is 2.90. The van der Waals surface area contributed by atoms with Crippen LogP contribution in [0.2, 0.25) is 0 Å². The summed E-state index contributed by atoms with van der Waals surface area (Å²) in [5, 5.41) is 0. The average molecular weight is 193 g/mol. The lowest BCUT2D eigenvalue weighted by Gasteiger charge is -2.05. The molecular weight excluding hydrogens is 174 g/mol. The number of allylic oxidation sites excluding steroid dienone is 4. The molecule has 78 valence electrons. The lowest BCUT2D eigenvalue weighted by molar-refractivity contribution is 0.300. The topological polar surface area (TPSA) is 21.6 Å². The summed E-state index contributed by atoms with van der Waals surface area (Å²) >= 11 is 0. The van der Waals surface area contributed by atoms with Gasteiger partial charge in [0, 0.05) is 0 Å². The van der Waals surface area contributed by atoms with Crippen molar-refractivity contribution >= 4 is 6.72 Å². The number of nitrogens with zero attached hydrogens (tertiary/aromatic N) is 1. The van der Waals surface area contributed by atoms with Crippen LogP contribution in [0.5, 0.6) is 0 Å². The van der Waals surface area contributed by atoms with Crippen molar-refractivity contribution in [2.45, 2.75) is 27.2 Å². The number of ether oxygens (including phenoxy) is 1. The lowest BCUT2D eigenvalue weighted by atomic mass is 10.2. The largest absolute Gasteiger partial charge is 0.494 e. The zero-order valence-electron chi connectivity index (χ0n) is 9.50. The number of hydrogen-bond donors (Lipinski definition) is 0. The zero-order valence-corrected chi connectivity index (χ0v) is 9.50. The van der Waals surface area contributed by atoms with E-state index < -0.39 is 0 Å². The van der Waals surface area contributed by atoms with Crippen LogP contribution in [-0.4, -0.2) is 13.8 Å². The molecule has 0 radical (unpaired) electrons. The van der Waals surface area contributed by atoms with Crippen LogP contribution >= 0.6 is 0 Å². The first-order valence-electron chi connectivity index (χ1n) is 4.75. The van der Waals surface area contributed by atoms with Crippen LogP contribution in [0.25, 0.3) is 0 Å². The Morgan fingerprint density at radius 2 is 2.14 bits per heavy atom. The number of hydrogen-bond acceptors (Lipinski definition) is 2. The SMILES string of the molecule is C=NC(=C/C)/C(=C\C(C)=C/CC)OC. The van der Waals surface area contributed by atoms with Crippen LogP contribution < -0.4 is 0 Å². The summed E-state index contributed by atoms with van der Waals surface area (Å²) in [5.41, 5.74) is 1.95. The molecule has 0 aliphatic heterocycles. The number of aliphatic imine (C=N–C) groups is 1. The summed E-state index contributed by atoms with van der Waals surface area (Å²) < 4.78 is 5.23. The van der Waals surface area contributed by atoms with Crippen LogP contribution in [0.1, 0.15) is 27.2 Å². The van der Waals surface area contributed by atoms with Gasteiger partial charge >= 0.3 is 0 Å². The molecule has 0 aliphatic rings. The van der Waals surface area contributed by atoms with E-state index in [2.05, 4.69) is 24.7 Å². The third-order valence-corrected chi connectivity index (χ3v) is 1.80. The summed E-state index contributed by atoms with van der Waals surface area (Å²) in [5.74, 6) is 0.754. The van der Waals surface area contributed by atoms with E-state index in [4.69, 9.17) is 4.74 Å². The van der Waals surface area contributed by atoms with Gasteiger partial charge < -0.3 is 4.74 Å². The second-order valence-electron chi connectivity index (χ2n) is 2.90. The maximum atomic E-state index is 5.23. The van der Waals surface area contributed by atoms with Gasteiger partial charge in [-0.15, -0.1) is 0 Å². The predicted octanol–water partition coefficient (Wildman–Crippen LogP) is 3.48. The Hall–Kier alpha value is -1.31. The molecule has 0 spiro atoms. The first-order chi connectivity index (χ1) is 6.69. The molecule has 2 nitrogen and oxygen atoms in total. The molecule has 0 aromatic carbocycles. The maximum Gasteiger partial charge on any atom is 0.144 e. The molecule has 14 heavy (non-hydrogen) atoms. The molecular formula is C12H19NO. The van der Waals surface area contributed by atoms with Crippen LogP contribution in [-0.2, 0) is 4.74 Å². The average Bonchev–Trinajstić information content (AvgIpc) is 2.18. The minimum atomic E-state index is 0.754. The Balaban J connectivity index is 4.88. The van der Waals surface area contributed by atoms with Gasteiger partial charge in [0.1, 0.15) is 5.76 Å². The van der Waals surface area contributed by atoms with Gasteiger partial charge in [0.25, 0.3) is 0 Å². The van der Waals surface area contributed by atoms with Gasteiger partial charge in [-0.25, -0.2) is 0 Å². The Morgan fingerprint density at radius 1 is 1.50 bits per heavy atom. The van der Waals surface area contributed by atoms with Gasteiger partial charge in [0.15, 0.2) is 0 Å². The highest BCUT2D eigenvalue weighted by Gasteiger charge is 2.00. The van der Waals surface area contributed by atoms with Crippen molar-refractivity contribution in [3.63, 3.8) is 0 Å². The summed E-state index contributed by atoms with van der Waals surface area (Å²) in [7, 11) is 1.64. The number of rotatable bonds is 5. The van der Waals surface area contributed by atoms with E-state index in [1.54, 1.807) is 7.11 Å². The molecule has 2 heteroatoms. The Kier molecular flexibility index (Phi) is 6.46.